The molecule has 3 N–H and O–H groups in total. The van der Waals surface area contributed by atoms with E-state index in [1.54, 1.807) is 0 Å². The number of urea groups is 1. The van der Waals surface area contributed by atoms with Crippen LogP contribution in [0.2, 0.25) is 0 Å². The van der Waals surface area contributed by atoms with E-state index in [1.165, 1.54) is 32.1 Å². The van der Waals surface area contributed by atoms with Crippen molar-refractivity contribution in [2.24, 2.45) is 0 Å². The van der Waals surface area contributed by atoms with E-state index in [2.05, 4.69) is 64.1 Å². The van der Waals surface area contributed by atoms with Crippen LogP contribution in [0, 0.1) is 0 Å². The number of amides is 2. The molecule has 2 saturated heterocycles. The average molecular weight is 572 g/mol. The van der Waals surface area contributed by atoms with Gasteiger partial charge in [-0.3, -0.25) is 0 Å². The first-order valence-electron chi connectivity index (χ1n) is 15.5. The minimum absolute atomic E-state index is 0.0368. The summed E-state index contributed by atoms with van der Waals surface area (Å²) in [6.07, 6.45) is 6.82. The van der Waals surface area contributed by atoms with Gasteiger partial charge >= 0.3 is 6.03 Å². The first-order valence-corrected chi connectivity index (χ1v) is 15.5. The smallest absolute Gasteiger partial charge is 0.315 e. The van der Waals surface area contributed by atoms with Crippen molar-refractivity contribution < 1.29 is 19.4 Å². The molecule has 3 atom stereocenters. The number of aliphatic hydroxyl groups is 1. The van der Waals surface area contributed by atoms with E-state index < -0.39 is 6.29 Å². The zero-order valence-electron chi connectivity index (χ0n) is 24.8. The molecule has 0 saturated carbocycles. The standard InChI is InChI=1S/C35H45N3O4/c1-2-36-35(40)37-23-27-9-8-10-31(21-27)28-15-17-30(18-16-28)34-41-32(24-38-19-6-4-3-5-7-20-38)22-33(42-34)29-13-11-26(25-39)12-14-29/h8-18,21,32-34,39H,2-7,19-20,22-25H2,1H3,(H2,36,37,40)/t32-,33+,34+/m0/s1. The average Bonchev–Trinajstić information content (AvgIpc) is 3.01. The fourth-order valence-corrected chi connectivity index (χ4v) is 5.92. The normalized spacial score (nSPS) is 21.7. The number of rotatable bonds is 9. The predicted octanol–water partition coefficient (Wildman–Crippen LogP) is 6.48. The van der Waals surface area contributed by atoms with Crippen LogP contribution in [0.5, 0.6) is 0 Å². The van der Waals surface area contributed by atoms with Crippen LogP contribution < -0.4 is 10.6 Å². The van der Waals surface area contributed by atoms with Crippen LogP contribution in [0.3, 0.4) is 0 Å². The highest BCUT2D eigenvalue weighted by Crippen LogP contribution is 2.38. The van der Waals surface area contributed by atoms with Gasteiger partial charge in [0.05, 0.1) is 18.8 Å². The van der Waals surface area contributed by atoms with Crippen molar-refractivity contribution in [3.63, 3.8) is 0 Å². The Hall–Kier alpha value is -3.23. The van der Waals surface area contributed by atoms with Crippen molar-refractivity contribution in [1.29, 1.82) is 0 Å². The summed E-state index contributed by atoms with van der Waals surface area (Å²) in [5.74, 6) is 0. The lowest BCUT2D eigenvalue weighted by Gasteiger charge is -2.38. The summed E-state index contributed by atoms with van der Waals surface area (Å²) in [5, 5.41) is 15.2. The van der Waals surface area contributed by atoms with Gasteiger partial charge in [-0.2, -0.15) is 0 Å². The highest BCUT2D eigenvalue weighted by molar-refractivity contribution is 5.73. The van der Waals surface area contributed by atoms with Crippen LogP contribution in [0.1, 0.15) is 80.1 Å². The molecule has 3 aromatic carbocycles. The van der Waals surface area contributed by atoms with E-state index in [-0.39, 0.29) is 24.8 Å². The SMILES string of the molecule is CCNC(=O)NCc1cccc(-c2ccc([C@@H]3O[C@H](CN4CCCCCCC4)C[C@H](c4ccc(CO)cc4)O3)cc2)c1. The molecule has 2 aliphatic rings. The molecule has 0 radical (unpaired) electrons. The molecule has 3 aromatic rings. The van der Waals surface area contributed by atoms with Gasteiger partial charge in [-0.15, -0.1) is 0 Å². The number of nitrogens with one attached hydrogen (secondary N) is 2. The molecule has 7 nitrogen and oxygen atoms in total. The predicted molar refractivity (Wildman–Crippen MR) is 166 cm³/mol. The molecule has 2 fully saturated rings. The Bertz CT molecular complexity index is 1260. The number of ether oxygens (including phenoxy) is 2. The number of hydrogen-bond acceptors (Lipinski definition) is 5. The maximum absolute atomic E-state index is 11.8. The topological polar surface area (TPSA) is 83.1 Å². The summed E-state index contributed by atoms with van der Waals surface area (Å²) < 4.78 is 13.2. The molecule has 7 heteroatoms. The largest absolute Gasteiger partial charge is 0.392 e. The Morgan fingerprint density at radius 2 is 1.55 bits per heavy atom. The Morgan fingerprint density at radius 1 is 0.833 bits per heavy atom. The lowest BCUT2D eigenvalue weighted by molar-refractivity contribution is -0.253. The Labute approximate surface area is 250 Å². The van der Waals surface area contributed by atoms with Gasteiger partial charge in [0, 0.05) is 31.6 Å². The third-order valence-corrected chi connectivity index (χ3v) is 8.26. The molecule has 0 spiro atoms. The summed E-state index contributed by atoms with van der Waals surface area (Å²) in [6.45, 7) is 6.19. The van der Waals surface area contributed by atoms with Crippen LogP contribution in [0.4, 0.5) is 4.79 Å². The van der Waals surface area contributed by atoms with E-state index >= 15 is 0 Å². The number of likely N-dealkylation sites (tertiary alicyclic amines) is 1. The third kappa shape index (κ3) is 8.42. The van der Waals surface area contributed by atoms with Crippen LogP contribution in [0.25, 0.3) is 11.1 Å². The van der Waals surface area contributed by atoms with Gasteiger partial charge in [0.25, 0.3) is 0 Å². The Balaban J connectivity index is 1.30. The van der Waals surface area contributed by atoms with Gasteiger partial charge in [-0.05, 0) is 66.7 Å². The van der Waals surface area contributed by atoms with Gasteiger partial charge in [-0.1, -0.05) is 86.0 Å². The van der Waals surface area contributed by atoms with Crippen LogP contribution in [-0.2, 0) is 22.6 Å². The third-order valence-electron chi connectivity index (χ3n) is 8.26. The Morgan fingerprint density at radius 3 is 2.26 bits per heavy atom. The number of nitrogens with zero attached hydrogens (tertiary/aromatic N) is 1. The van der Waals surface area contributed by atoms with Crippen molar-refractivity contribution in [2.45, 2.75) is 77.1 Å². The molecular weight excluding hydrogens is 526 g/mol. The van der Waals surface area contributed by atoms with Crippen molar-refractivity contribution >= 4 is 6.03 Å². The van der Waals surface area contributed by atoms with Crippen LogP contribution >= 0.6 is 0 Å². The molecule has 224 valence electrons. The number of carbonyl (C=O) groups excluding carboxylic acids is 1. The monoisotopic (exact) mass is 571 g/mol. The zero-order chi connectivity index (χ0) is 29.1. The van der Waals surface area contributed by atoms with Gasteiger partial charge in [0.1, 0.15) is 0 Å². The Kier molecular flexibility index (Phi) is 11.0. The zero-order valence-corrected chi connectivity index (χ0v) is 24.8. The molecule has 0 bridgehead atoms. The van der Waals surface area contributed by atoms with Gasteiger partial charge < -0.3 is 30.1 Å². The van der Waals surface area contributed by atoms with E-state index in [9.17, 15) is 9.90 Å². The fraction of sp³-hybridized carbons (Fsp3) is 0.457. The second-order valence-electron chi connectivity index (χ2n) is 11.5. The molecule has 0 unspecified atom stereocenters. The van der Waals surface area contributed by atoms with E-state index in [4.69, 9.17) is 9.47 Å². The first-order chi connectivity index (χ1) is 20.6. The fourth-order valence-electron chi connectivity index (χ4n) is 5.92. The van der Waals surface area contributed by atoms with Gasteiger partial charge in [0.15, 0.2) is 6.29 Å². The number of hydrogen-bond donors (Lipinski definition) is 3. The quantitative estimate of drug-likeness (QED) is 0.274. The van der Waals surface area contributed by atoms with Gasteiger partial charge in [-0.25, -0.2) is 4.79 Å². The molecule has 2 aliphatic heterocycles. The van der Waals surface area contributed by atoms with E-state index in [0.29, 0.717) is 13.1 Å². The highest BCUT2D eigenvalue weighted by atomic mass is 16.7. The molecule has 2 amide bonds. The molecular formula is C35H45N3O4. The summed E-state index contributed by atoms with van der Waals surface area (Å²) >= 11 is 0. The summed E-state index contributed by atoms with van der Waals surface area (Å²) in [5.41, 5.74) is 6.26. The lowest BCUT2D eigenvalue weighted by atomic mass is 9.98. The summed E-state index contributed by atoms with van der Waals surface area (Å²) in [7, 11) is 0. The van der Waals surface area contributed by atoms with Crippen LogP contribution in [0.15, 0.2) is 72.8 Å². The minimum Gasteiger partial charge on any atom is -0.392 e. The molecule has 42 heavy (non-hydrogen) atoms. The second-order valence-corrected chi connectivity index (χ2v) is 11.5. The van der Waals surface area contributed by atoms with Crippen molar-refractivity contribution in [3.8, 4) is 11.1 Å². The minimum atomic E-state index is -0.456. The second kappa shape index (κ2) is 15.3. The maximum Gasteiger partial charge on any atom is 0.315 e. The van der Waals surface area contributed by atoms with Crippen LogP contribution in [-0.4, -0.2) is 48.3 Å². The lowest BCUT2D eigenvalue weighted by Crippen LogP contribution is -2.40. The number of aliphatic hydroxyl groups excluding tert-OH is 1. The summed E-state index contributed by atoms with van der Waals surface area (Å²) in [4.78, 5) is 14.4. The van der Waals surface area contributed by atoms with Crippen molar-refractivity contribution in [3.05, 3.63) is 95.1 Å². The van der Waals surface area contributed by atoms with E-state index in [0.717, 1.165) is 59.4 Å². The molecule has 0 aromatic heterocycles. The molecule has 2 heterocycles. The van der Waals surface area contributed by atoms with Crippen molar-refractivity contribution in [1.82, 2.24) is 15.5 Å². The summed E-state index contributed by atoms with van der Waals surface area (Å²) in [6, 6.07) is 24.6. The van der Waals surface area contributed by atoms with E-state index in [1.807, 2.05) is 31.2 Å². The highest BCUT2D eigenvalue weighted by Gasteiger charge is 2.33. The van der Waals surface area contributed by atoms with Gasteiger partial charge in [0.2, 0.25) is 0 Å². The number of benzene rings is 3. The molecule has 5 rings (SSSR count). The first kappa shape index (κ1) is 30.2. The number of carbonyl (C=O) groups is 1. The maximum atomic E-state index is 11.8. The van der Waals surface area contributed by atoms with Crippen molar-refractivity contribution in [2.75, 3.05) is 26.2 Å². The molecule has 0 aliphatic carbocycles.